The zero-order chi connectivity index (χ0) is 14.9. The molecular formula is C14H20ClNO3S. The molecule has 1 aromatic rings. The predicted octanol–water partition coefficient (Wildman–Crippen LogP) is 2.53. The van der Waals surface area contributed by atoms with Crippen LogP contribution in [0.5, 0.6) is 0 Å². The van der Waals surface area contributed by atoms with Crippen molar-refractivity contribution in [3.63, 3.8) is 0 Å². The summed E-state index contributed by atoms with van der Waals surface area (Å²) in [5.41, 5.74) is 1.85. The summed E-state index contributed by atoms with van der Waals surface area (Å²) in [6.07, 6.45) is -0.182. The third kappa shape index (κ3) is 3.17. The summed E-state index contributed by atoms with van der Waals surface area (Å²) in [5, 5.41) is 0. The smallest absolute Gasteiger partial charge is 0.243 e. The first kappa shape index (κ1) is 15.8. The van der Waals surface area contributed by atoms with Gasteiger partial charge in [0.25, 0.3) is 0 Å². The van der Waals surface area contributed by atoms with Crippen molar-refractivity contribution in [3.8, 4) is 0 Å². The first-order chi connectivity index (χ1) is 9.34. The maximum Gasteiger partial charge on any atom is 0.243 e. The Morgan fingerprint density at radius 2 is 1.90 bits per heavy atom. The number of nitrogens with zero attached hydrogens (tertiary/aromatic N) is 1. The minimum Gasteiger partial charge on any atom is -0.373 e. The highest BCUT2D eigenvalue weighted by molar-refractivity contribution is 7.89. The number of aryl methyl sites for hydroxylation is 1. The summed E-state index contributed by atoms with van der Waals surface area (Å²) in [6.45, 7) is 6.47. The number of rotatable bonds is 3. The monoisotopic (exact) mass is 317 g/mol. The Balaban J connectivity index is 2.34. The standard InChI is InChI=1S/C14H20ClNO3S/c1-10-4-5-14(6-13(10)7-15)20(17,18)16-8-11(2)19-12(3)9-16/h4-6,11-12H,7-9H2,1-3H3/t11-,12+. The maximum absolute atomic E-state index is 12.7. The molecule has 0 amide bonds. The van der Waals surface area contributed by atoms with Gasteiger partial charge in [0.05, 0.1) is 17.1 Å². The molecule has 1 aromatic carbocycles. The zero-order valence-corrected chi connectivity index (χ0v) is 13.5. The van der Waals surface area contributed by atoms with Gasteiger partial charge in [0.2, 0.25) is 10.0 Å². The fraction of sp³-hybridized carbons (Fsp3) is 0.571. The van der Waals surface area contributed by atoms with Crippen LogP contribution in [-0.4, -0.2) is 38.0 Å². The highest BCUT2D eigenvalue weighted by Crippen LogP contribution is 2.23. The Hall–Kier alpha value is -0.620. The minimum atomic E-state index is -3.48. The molecule has 2 rings (SSSR count). The van der Waals surface area contributed by atoms with Crippen LogP contribution in [-0.2, 0) is 20.6 Å². The molecule has 0 N–H and O–H groups in total. The van der Waals surface area contributed by atoms with Crippen LogP contribution < -0.4 is 0 Å². The summed E-state index contributed by atoms with van der Waals surface area (Å²) in [4.78, 5) is 0.306. The Bertz CT molecular complexity index is 578. The van der Waals surface area contributed by atoms with E-state index in [1.54, 1.807) is 18.2 Å². The van der Waals surface area contributed by atoms with E-state index in [4.69, 9.17) is 16.3 Å². The number of alkyl halides is 1. The summed E-state index contributed by atoms with van der Waals surface area (Å²) in [6, 6.07) is 5.12. The van der Waals surface area contributed by atoms with Crippen molar-refractivity contribution in [3.05, 3.63) is 29.3 Å². The molecule has 0 aromatic heterocycles. The molecule has 1 heterocycles. The Kier molecular flexibility index (Phi) is 4.74. The molecule has 6 heteroatoms. The lowest BCUT2D eigenvalue weighted by Gasteiger charge is -2.34. The minimum absolute atomic E-state index is 0.0912. The molecule has 1 saturated heterocycles. The highest BCUT2D eigenvalue weighted by atomic mass is 35.5. The molecule has 0 aliphatic carbocycles. The van der Waals surface area contributed by atoms with Gasteiger partial charge in [0.15, 0.2) is 0 Å². The van der Waals surface area contributed by atoms with Crippen molar-refractivity contribution in [2.24, 2.45) is 0 Å². The second-order valence-electron chi connectivity index (χ2n) is 5.30. The van der Waals surface area contributed by atoms with E-state index in [1.165, 1.54) is 4.31 Å². The highest BCUT2D eigenvalue weighted by Gasteiger charge is 2.32. The average molecular weight is 318 g/mol. The molecule has 0 unspecified atom stereocenters. The van der Waals surface area contributed by atoms with Gasteiger partial charge in [-0.25, -0.2) is 8.42 Å². The van der Waals surface area contributed by atoms with Gasteiger partial charge in [0.1, 0.15) is 0 Å². The first-order valence-corrected chi connectivity index (χ1v) is 8.63. The van der Waals surface area contributed by atoms with Crippen molar-refractivity contribution in [2.75, 3.05) is 13.1 Å². The van der Waals surface area contributed by atoms with Gasteiger partial charge >= 0.3 is 0 Å². The van der Waals surface area contributed by atoms with Crippen LogP contribution in [0.2, 0.25) is 0 Å². The third-order valence-corrected chi connectivity index (χ3v) is 5.60. The Morgan fingerprint density at radius 1 is 1.30 bits per heavy atom. The van der Waals surface area contributed by atoms with Gasteiger partial charge in [-0.05, 0) is 44.0 Å². The summed E-state index contributed by atoms with van der Waals surface area (Å²) in [7, 11) is -3.48. The molecule has 0 spiro atoms. The second kappa shape index (κ2) is 6.02. The fourth-order valence-corrected chi connectivity index (χ4v) is 4.36. The van der Waals surface area contributed by atoms with Crippen LogP contribution in [0.1, 0.15) is 25.0 Å². The van der Waals surface area contributed by atoms with Gasteiger partial charge < -0.3 is 4.74 Å². The summed E-state index contributed by atoms with van der Waals surface area (Å²) in [5.74, 6) is 0.311. The molecule has 1 fully saturated rings. The number of benzene rings is 1. The van der Waals surface area contributed by atoms with E-state index in [-0.39, 0.29) is 12.2 Å². The normalized spacial score (nSPS) is 24.8. The van der Waals surface area contributed by atoms with Gasteiger partial charge in [-0.3, -0.25) is 0 Å². The molecule has 20 heavy (non-hydrogen) atoms. The van der Waals surface area contributed by atoms with Crippen LogP contribution in [0, 0.1) is 6.92 Å². The second-order valence-corrected chi connectivity index (χ2v) is 7.51. The quantitative estimate of drug-likeness (QED) is 0.805. The van der Waals surface area contributed by atoms with Gasteiger partial charge in [-0.1, -0.05) is 6.07 Å². The van der Waals surface area contributed by atoms with Crippen LogP contribution in [0.25, 0.3) is 0 Å². The molecular weight excluding hydrogens is 298 g/mol. The fourth-order valence-electron chi connectivity index (χ4n) is 2.43. The molecule has 1 aliphatic rings. The molecule has 0 bridgehead atoms. The van der Waals surface area contributed by atoms with E-state index in [1.807, 2.05) is 20.8 Å². The number of hydrogen-bond acceptors (Lipinski definition) is 3. The molecule has 112 valence electrons. The number of morpholine rings is 1. The van der Waals surface area contributed by atoms with Crippen molar-refractivity contribution in [2.45, 2.75) is 43.8 Å². The lowest BCUT2D eigenvalue weighted by molar-refractivity contribution is -0.0440. The van der Waals surface area contributed by atoms with E-state index in [2.05, 4.69) is 0 Å². The van der Waals surface area contributed by atoms with Gasteiger partial charge in [-0.2, -0.15) is 4.31 Å². The van der Waals surface area contributed by atoms with Crippen LogP contribution >= 0.6 is 11.6 Å². The van der Waals surface area contributed by atoms with E-state index in [0.717, 1.165) is 11.1 Å². The van der Waals surface area contributed by atoms with Crippen LogP contribution in [0.4, 0.5) is 0 Å². The molecule has 1 aliphatic heterocycles. The number of halogens is 1. The summed E-state index contributed by atoms with van der Waals surface area (Å²) < 4.78 is 32.4. The van der Waals surface area contributed by atoms with Crippen molar-refractivity contribution in [1.82, 2.24) is 4.31 Å². The van der Waals surface area contributed by atoms with E-state index in [9.17, 15) is 8.42 Å². The average Bonchev–Trinajstić information content (AvgIpc) is 2.37. The maximum atomic E-state index is 12.7. The van der Waals surface area contributed by atoms with Crippen molar-refractivity contribution in [1.29, 1.82) is 0 Å². The van der Waals surface area contributed by atoms with Gasteiger partial charge in [0, 0.05) is 19.0 Å². The molecule has 0 radical (unpaired) electrons. The molecule has 4 nitrogen and oxygen atoms in total. The Labute approximate surface area is 125 Å². The van der Waals surface area contributed by atoms with Crippen molar-refractivity contribution < 1.29 is 13.2 Å². The number of sulfonamides is 1. The Morgan fingerprint density at radius 3 is 2.45 bits per heavy atom. The summed E-state index contributed by atoms with van der Waals surface area (Å²) >= 11 is 5.86. The van der Waals surface area contributed by atoms with Gasteiger partial charge in [-0.15, -0.1) is 11.6 Å². The van der Waals surface area contributed by atoms with Crippen LogP contribution in [0.15, 0.2) is 23.1 Å². The SMILES string of the molecule is Cc1ccc(S(=O)(=O)N2C[C@@H](C)O[C@@H](C)C2)cc1CCl. The number of ether oxygens (including phenoxy) is 1. The third-order valence-electron chi connectivity index (χ3n) is 3.49. The van der Waals surface area contributed by atoms with E-state index < -0.39 is 10.0 Å². The first-order valence-electron chi connectivity index (χ1n) is 6.65. The molecule has 0 saturated carbocycles. The number of hydrogen-bond donors (Lipinski definition) is 0. The molecule has 2 atom stereocenters. The zero-order valence-electron chi connectivity index (χ0n) is 12.0. The lowest BCUT2D eigenvalue weighted by atomic mass is 10.1. The topological polar surface area (TPSA) is 46.6 Å². The lowest BCUT2D eigenvalue weighted by Crippen LogP contribution is -2.48. The predicted molar refractivity (Wildman–Crippen MR) is 79.5 cm³/mol. The van der Waals surface area contributed by atoms with E-state index >= 15 is 0 Å². The van der Waals surface area contributed by atoms with Crippen molar-refractivity contribution >= 4 is 21.6 Å². The van der Waals surface area contributed by atoms with E-state index in [0.29, 0.717) is 23.9 Å². The largest absolute Gasteiger partial charge is 0.373 e. The van der Waals surface area contributed by atoms with Crippen LogP contribution in [0.3, 0.4) is 0 Å².